The Labute approximate surface area is 118 Å². The summed E-state index contributed by atoms with van der Waals surface area (Å²) in [6, 6.07) is 0.584. The molecule has 1 N–H and O–H groups in total. The maximum Gasteiger partial charge on any atom is 0.0767 e. The normalized spacial score (nSPS) is 21.4. The smallest absolute Gasteiger partial charge is 0.0767 e. The Hall–Kier alpha value is -0.390. The molecule has 0 spiro atoms. The van der Waals surface area contributed by atoms with Crippen molar-refractivity contribution in [2.45, 2.75) is 46.3 Å². The highest BCUT2D eigenvalue weighted by molar-refractivity contribution is 9.10. The first kappa shape index (κ1) is 14.0. The number of aromatic nitrogens is 2. The van der Waals surface area contributed by atoms with Crippen LogP contribution in [0.15, 0.2) is 4.47 Å². The number of rotatable bonds is 4. The van der Waals surface area contributed by atoms with Gasteiger partial charge in [-0.15, -0.1) is 0 Å². The lowest BCUT2D eigenvalue weighted by Crippen LogP contribution is -2.48. The molecule has 1 aliphatic heterocycles. The van der Waals surface area contributed by atoms with Gasteiger partial charge < -0.3 is 5.32 Å². The first-order valence-electron chi connectivity index (χ1n) is 6.85. The van der Waals surface area contributed by atoms with E-state index >= 15 is 0 Å². The van der Waals surface area contributed by atoms with Crippen molar-refractivity contribution in [2.24, 2.45) is 0 Å². The molecule has 2 rings (SSSR count). The number of hydrogen-bond acceptors (Lipinski definition) is 3. The molecule has 5 heteroatoms. The maximum absolute atomic E-state index is 4.66. The molecule has 1 saturated heterocycles. The second-order valence-corrected chi connectivity index (χ2v) is 5.76. The average Bonchev–Trinajstić information content (AvgIpc) is 2.66. The number of nitrogens with one attached hydrogen (secondary N) is 1. The molecule has 0 bridgehead atoms. The van der Waals surface area contributed by atoms with Crippen LogP contribution in [0.5, 0.6) is 0 Å². The van der Waals surface area contributed by atoms with Crippen LogP contribution in [0.4, 0.5) is 0 Å². The van der Waals surface area contributed by atoms with Gasteiger partial charge in [-0.25, -0.2) is 0 Å². The molecule has 18 heavy (non-hydrogen) atoms. The van der Waals surface area contributed by atoms with Crippen molar-refractivity contribution in [2.75, 3.05) is 19.6 Å². The fourth-order valence-electron chi connectivity index (χ4n) is 2.54. The third kappa shape index (κ3) is 2.95. The van der Waals surface area contributed by atoms with E-state index in [1.54, 1.807) is 0 Å². The highest BCUT2D eigenvalue weighted by Crippen LogP contribution is 2.24. The van der Waals surface area contributed by atoms with Gasteiger partial charge in [0, 0.05) is 38.8 Å². The van der Waals surface area contributed by atoms with Crippen LogP contribution in [0, 0.1) is 0 Å². The summed E-state index contributed by atoms with van der Waals surface area (Å²) < 4.78 is 3.34. The molecule has 0 aromatic carbocycles. The van der Waals surface area contributed by atoms with Crippen LogP contribution in [-0.4, -0.2) is 40.4 Å². The maximum atomic E-state index is 4.66. The van der Waals surface area contributed by atoms with E-state index in [-0.39, 0.29) is 0 Å². The van der Waals surface area contributed by atoms with Crippen molar-refractivity contribution in [3.05, 3.63) is 15.9 Å². The lowest BCUT2D eigenvalue weighted by atomic mass is 10.2. The molecule has 4 nitrogen and oxygen atoms in total. The average molecular weight is 315 g/mol. The van der Waals surface area contributed by atoms with Crippen molar-refractivity contribution >= 4 is 15.9 Å². The molecule has 2 heterocycles. The Morgan fingerprint density at radius 1 is 1.44 bits per heavy atom. The van der Waals surface area contributed by atoms with Crippen LogP contribution in [-0.2, 0) is 19.5 Å². The van der Waals surface area contributed by atoms with Crippen LogP contribution in [0.2, 0.25) is 0 Å². The van der Waals surface area contributed by atoms with Gasteiger partial charge in [0.15, 0.2) is 0 Å². The van der Waals surface area contributed by atoms with Gasteiger partial charge in [0.2, 0.25) is 0 Å². The van der Waals surface area contributed by atoms with Gasteiger partial charge >= 0.3 is 0 Å². The van der Waals surface area contributed by atoms with E-state index in [9.17, 15) is 0 Å². The van der Waals surface area contributed by atoms with Gasteiger partial charge in [-0.1, -0.05) is 6.92 Å². The third-order valence-corrected chi connectivity index (χ3v) is 4.44. The number of hydrogen-bond donors (Lipinski definition) is 1. The van der Waals surface area contributed by atoms with Crippen LogP contribution in [0.1, 0.15) is 32.2 Å². The SMILES string of the molecule is CCc1nn(CC)c(CN2CCN[C@H](C)C2)c1Br. The summed E-state index contributed by atoms with van der Waals surface area (Å²) in [6.07, 6.45) is 0.985. The van der Waals surface area contributed by atoms with Crippen molar-refractivity contribution in [1.82, 2.24) is 20.0 Å². The second kappa shape index (κ2) is 6.17. The Balaban J connectivity index is 2.14. The molecule has 0 aliphatic carbocycles. The first-order chi connectivity index (χ1) is 8.65. The van der Waals surface area contributed by atoms with Crippen LogP contribution >= 0.6 is 15.9 Å². The van der Waals surface area contributed by atoms with Crippen molar-refractivity contribution < 1.29 is 0 Å². The van der Waals surface area contributed by atoms with E-state index in [4.69, 9.17) is 0 Å². The molecule has 0 amide bonds. The quantitative estimate of drug-likeness (QED) is 0.923. The lowest BCUT2D eigenvalue weighted by molar-refractivity contribution is 0.194. The number of aryl methyl sites for hydroxylation is 2. The molecule has 0 saturated carbocycles. The van der Waals surface area contributed by atoms with Gasteiger partial charge in [-0.2, -0.15) is 5.10 Å². The topological polar surface area (TPSA) is 33.1 Å². The molecule has 1 aliphatic rings. The first-order valence-corrected chi connectivity index (χ1v) is 7.64. The van der Waals surface area contributed by atoms with Crippen LogP contribution in [0.3, 0.4) is 0 Å². The minimum atomic E-state index is 0.584. The van der Waals surface area contributed by atoms with Gasteiger partial charge in [-0.05, 0) is 36.2 Å². The second-order valence-electron chi connectivity index (χ2n) is 4.97. The van der Waals surface area contributed by atoms with E-state index in [1.807, 2.05) is 0 Å². The Morgan fingerprint density at radius 3 is 2.83 bits per heavy atom. The highest BCUT2D eigenvalue weighted by Gasteiger charge is 2.20. The van der Waals surface area contributed by atoms with Crippen molar-refractivity contribution in [3.63, 3.8) is 0 Å². The molecule has 102 valence electrons. The summed E-state index contributed by atoms with van der Waals surface area (Å²) in [4.78, 5) is 2.51. The summed E-state index contributed by atoms with van der Waals surface area (Å²) in [5.41, 5.74) is 2.50. The van der Waals surface area contributed by atoms with Gasteiger partial charge in [0.25, 0.3) is 0 Å². The van der Waals surface area contributed by atoms with Crippen LogP contribution < -0.4 is 5.32 Å². The molecule has 1 fully saturated rings. The summed E-state index contributed by atoms with van der Waals surface area (Å²) >= 11 is 3.72. The van der Waals surface area contributed by atoms with Crippen molar-refractivity contribution in [1.29, 1.82) is 0 Å². The summed E-state index contributed by atoms with van der Waals surface area (Å²) in [5.74, 6) is 0. The largest absolute Gasteiger partial charge is 0.312 e. The van der Waals surface area contributed by atoms with Gasteiger partial charge in [-0.3, -0.25) is 9.58 Å². The molecule has 1 aromatic rings. The molecular formula is C13H23BrN4. The fourth-order valence-corrected chi connectivity index (χ4v) is 3.23. The Morgan fingerprint density at radius 2 is 2.22 bits per heavy atom. The van der Waals surface area contributed by atoms with E-state index in [2.05, 4.69) is 56.7 Å². The minimum absolute atomic E-state index is 0.584. The standard InChI is InChI=1S/C13H23BrN4/c1-4-11-13(14)12(18(5-2)16-11)9-17-7-6-15-10(3)8-17/h10,15H,4-9H2,1-3H3/t10-/m1/s1. The summed E-state index contributed by atoms with van der Waals surface area (Å²) in [7, 11) is 0. The predicted octanol–water partition coefficient (Wildman–Crippen LogP) is 2.02. The molecule has 1 aromatic heterocycles. The zero-order chi connectivity index (χ0) is 13.1. The summed E-state index contributed by atoms with van der Waals surface area (Å²) in [6.45, 7) is 11.8. The molecule has 0 radical (unpaired) electrons. The van der Waals surface area contributed by atoms with E-state index in [0.717, 1.165) is 39.1 Å². The molecule has 1 atom stereocenters. The zero-order valence-electron chi connectivity index (χ0n) is 11.5. The third-order valence-electron chi connectivity index (χ3n) is 3.52. The van der Waals surface area contributed by atoms with Crippen molar-refractivity contribution in [3.8, 4) is 0 Å². The van der Waals surface area contributed by atoms with Crippen LogP contribution in [0.25, 0.3) is 0 Å². The van der Waals surface area contributed by atoms with E-state index in [0.29, 0.717) is 6.04 Å². The van der Waals surface area contributed by atoms with E-state index in [1.165, 1.54) is 15.9 Å². The Bertz CT molecular complexity index is 402. The molecule has 0 unspecified atom stereocenters. The summed E-state index contributed by atoms with van der Waals surface area (Å²) in [5, 5.41) is 8.14. The number of halogens is 1. The van der Waals surface area contributed by atoms with Gasteiger partial charge in [0.1, 0.15) is 0 Å². The molecular weight excluding hydrogens is 292 g/mol. The lowest BCUT2D eigenvalue weighted by Gasteiger charge is -2.31. The monoisotopic (exact) mass is 314 g/mol. The number of nitrogens with zero attached hydrogens (tertiary/aromatic N) is 3. The Kier molecular flexibility index (Phi) is 4.81. The highest BCUT2D eigenvalue weighted by atomic mass is 79.9. The number of piperazine rings is 1. The van der Waals surface area contributed by atoms with E-state index < -0.39 is 0 Å². The predicted molar refractivity (Wildman–Crippen MR) is 77.7 cm³/mol. The minimum Gasteiger partial charge on any atom is -0.312 e. The fraction of sp³-hybridized carbons (Fsp3) is 0.769. The van der Waals surface area contributed by atoms with Gasteiger partial charge in [0.05, 0.1) is 15.9 Å². The zero-order valence-corrected chi connectivity index (χ0v) is 13.1.